The van der Waals surface area contributed by atoms with Crippen LogP contribution in [-0.2, 0) is 0 Å². The van der Waals surface area contributed by atoms with Gasteiger partial charge in [-0.25, -0.2) is 9.48 Å². The average molecular weight is 331 g/mol. The van der Waals surface area contributed by atoms with Crippen molar-refractivity contribution in [3.63, 3.8) is 0 Å². The summed E-state index contributed by atoms with van der Waals surface area (Å²) in [5.41, 5.74) is 1.72. The van der Waals surface area contributed by atoms with Crippen LogP contribution in [0.4, 0.5) is 10.6 Å². The molecule has 1 aliphatic carbocycles. The Morgan fingerprint density at radius 1 is 1.33 bits per heavy atom. The molecular weight excluding hydrogens is 306 g/mol. The van der Waals surface area contributed by atoms with Crippen molar-refractivity contribution in [2.75, 3.05) is 5.32 Å². The van der Waals surface area contributed by atoms with E-state index in [9.17, 15) is 4.79 Å². The Labute approximate surface area is 141 Å². The van der Waals surface area contributed by atoms with Crippen LogP contribution in [0.3, 0.4) is 0 Å². The molecule has 1 aliphatic rings. The maximum absolute atomic E-state index is 12.4. The third-order valence-electron chi connectivity index (χ3n) is 4.70. The highest BCUT2D eigenvalue weighted by molar-refractivity contribution is 5.88. The highest BCUT2D eigenvalue weighted by atomic mass is 16.5. The molecule has 0 bridgehead atoms. The summed E-state index contributed by atoms with van der Waals surface area (Å²) in [7, 11) is 0. The third kappa shape index (κ3) is 3.44. The number of hydrogen-bond acceptors (Lipinski definition) is 4. The molecule has 3 rings (SSSR count). The summed E-state index contributed by atoms with van der Waals surface area (Å²) in [6.45, 7) is 5.65. The van der Waals surface area contributed by atoms with Gasteiger partial charge in [0.15, 0.2) is 0 Å². The summed E-state index contributed by atoms with van der Waals surface area (Å²) >= 11 is 0. The summed E-state index contributed by atoms with van der Waals surface area (Å²) in [6.07, 6.45) is 7.71. The summed E-state index contributed by atoms with van der Waals surface area (Å²) < 4.78 is 7.11. The van der Waals surface area contributed by atoms with E-state index in [1.54, 1.807) is 6.20 Å². The van der Waals surface area contributed by atoms with Gasteiger partial charge in [-0.05, 0) is 33.6 Å². The Hall–Kier alpha value is -2.31. The van der Waals surface area contributed by atoms with Gasteiger partial charge < -0.3 is 9.84 Å². The number of hydrogen-bond donors (Lipinski definition) is 2. The predicted molar refractivity (Wildman–Crippen MR) is 90.9 cm³/mol. The monoisotopic (exact) mass is 331 g/mol. The summed E-state index contributed by atoms with van der Waals surface area (Å²) in [6, 6.07) is 1.79. The van der Waals surface area contributed by atoms with Gasteiger partial charge in [0.1, 0.15) is 11.6 Å². The van der Waals surface area contributed by atoms with E-state index in [0.29, 0.717) is 6.04 Å². The van der Waals surface area contributed by atoms with Crippen molar-refractivity contribution in [3.05, 3.63) is 29.3 Å². The van der Waals surface area contributed by atoms with Crippen LogP contribution in [0.15, 0.2) is 16.8 Å². The normalized spacial score (nSPS) is 16.8. The van der Waals surface area contributed by atoms with E-state index in [0.717, 1.165) is 35.7 Å². The number of anilines is 1. The van der Waals surface area contributed by atoms with Crippen molar-refractivity contribution >= 4 is 11.8 Å². The molecule has 2 N–H and O–H groups in total. The van der Waals surface area contributed by atoms with E-state index in [4.69, 9.17) is 4.52 Å². The van der Waals surface area contributed by atoms with Crippen LogP contribution in [0.25, 0.3) is 0 Å². The SMILES string of the molecule is Cc1noc(C)c1C(C)NC(=O)Nc1ccnn1C1CCCCC1. The number of carbonyl (C=O) groups is 1. The minimum atomic E-state index is -0.250. The molecule has 2 amide bonds. The van der Waals surface area contributed by atoms with Crippen LogP contribution in [0.1, 0.15) is 68.1 Å². The lowest BCUT2D eigenvalue weighted by Crippen LogP contribution is -2.32. The Balaban J connectivity index is 1.64. The fourth-order valence-corrected chi connectivity index (χ4v) is 3.56. The number of carbonyl (C=O) groups excluding carboxylic acids is 1. The van der Waals surface area contributed by atoms with Crippen molar-refractivity contribution in [1.82, 2.24) is 20.3 Å². The van der Waals surface area contributed by atoms with Gasteiger partial charge in [0.05, 0.1) is 24.0 Å². The van der Waals surface area contributed by atoms with Gasteiger partial charge in [-0.1, -0.05) is 24.4 Å². The second kappa shape index (κ2) is 7.07. The van der Waals surface area contributed by atoms with Gasteiger partial charge in [-0.15, -0.1) is 0 Å². The molecule has 1 atom stereocenters. The molecule has 2 heterocycles. The maximum Gasteiger partial charge on any atom is 0.320 e. The number of amides is 2. The van der Waals surface area contributed by atoms with Gasteiger partial charge in [0, 0.05) is 11.6 Å². The van der Waals surface area contributed by atoms with E-state index < -0.39 is 0 Å². The molecule has 0 aromatic carbocycles. The molecule has 2 aromatic heterocycles. The molecule has 24 heavy (non-hydrogen) atoms. The molecule has 1 saturated carbocycles. The highest BCUT2D eigenvalue weighted by Crippen LogP contribution is 2.30. The van der Waals surface area contributed by atoms with E-state index in [2.05, 4.69) is 20.9 Å². The number of aryl methyl sites for hydroxylation is 2. The molecule has 7 heteroatoms. The molecular formula is C17H25N5O2. The second-order valence-electron chi connectivity index (χ2n) is 6.51. The standard InChI is InChI=1S/C17H25N5O2/c1-11(16-12(2)21-24-13(16)3)19-17(23)20-15-9-10-18-22(15)14-7-5-4-6-8-14/h9-11,14H,4-8H2,1-3H3,(H2,19,20,23). The second-order valence-corrected chi connectivity index (χ2v) is 6.51. The number of nitrogens with one attached hydrogen (secondary N) is 2. The van der Waals surface area contributed by atoms with Gasteiger partial charge in [-0.3, -0.25) is 5.32 Å². The third-order valence-corrected chi connectivity index (χ3v) is 4.70. The lowest BCUT2D eigenvalue weighted by molar-refractivity contribution is 0.248. The summed E-state index contributed by atoms with van der Waals surface area (Å²) in [4.78, 5) is 12.4. The van der Waals surface area contributed by atoms with E-state index in [1.165, 1.54) is 19.3 Å². The molecule has 0 spiro atoms. The summed E-state index contributed by atoms with van der Waals surface area (Å²) in [5.74, 6) is 1.47. The minimum absolute atomic E-state index is 0.178. The Kier molecular flexibility index (Phi) is 4.87. The van der Waals surface area contributed by atoms with E-state index in [-0.39, 0.29) is 12.1 Å². The van der Waals surface area contributed by atoms with Crippen molar-refractivity contribution in [2.24, 2.45) is 0 Å². The Bertz CT molecular complexity index is 680. The highest BCUT2D eigenvalue weighted by Gasteiger charge is 2.21. The zero-order valence-corrected chi connectivity index (χ0v) is 14.5. The molecule has 1 fully saturated rings. The fourth-order valence-electron chi connectivity index (χ4n) is 3.56. The van der Waals surface area contributed by atoms with Crippen LogP contribution in [0, 0.1) is 13.8 Å². The van der Waals surface area contributed by atoms with Crippen molar-refractivity contribution in [3.8, 4) is 0 Å². The van der Waals surface area contributed by atoms with Crippen molar-refractivity contribution in [1.29, 1.82) is 0 Å². The van der Waals surface area contributed by atoms with Gasteiger partial charge in [0.2, 0.25) is 0 Å². The molecule has 7 nitrogen and oxygen atoms in total. The number of aromatic nitrogens is 3. The van der Waals surface area contributed by atoms with Crippen molar-refractivity contribution < 1.29 is 9.32 Å². The van der Waals surface area contributed by atoms with Crippen LogP contribution in [0.5, 0.6) is 0 Å². The van der Waals surface area contributed by atoms with Crippen molar-refractivity contribution in [2.45, 2.75) is 65.0 Å². The first kappa shape index (κ1) is 16.5. The topological polar surface area (TPSA) is 85.0 Å². The molecule has 2 aromatic rings. The minimum Gasteiger partial charge on any atom is -0.361 e. The zero-order valence-electron chi connectivity index (χ0n) is 14.5. The first-order valence-electron chi connectivity index (χ1n) is 8.60. The average Bonchev–Trinajstić information content (AvgIpc) is 3.14. The fraction of sp³-hybridized carbons (Fsp3) is 0.588. The molecule has 130 valence electrons. The lowest BCUT2D eigenvalue weighted by Gasteiger charge is -2.24. The Morgan fingerprint density at radius 2 is 2.08 bits per heavy atom. The zero-order chi connectivity index (χ0) is 17.1. The van der Waals surface area contributed by atoms with Gasteiger partial charge in [0.25, 0.3) is 0 Å². The van der Waals surface area contributed by atoms with Crippen LogP contribution < -0.4 is 10.6 Å². The summed E-state index contributed by atoms with van der Waals surface area (Å²) in [5, 5.41) is 14.2. The van der Waals surface area contributed by atoms with Gasteiger partial charge >= 0.3 is 6.03 Å². The lowest BCUT2D eigenvalue weighted by atomic mass is 9.96. The quantitative estimate of drug-likeness (QED) is 0.890. The Morgan fingerprint density at radius 3 is 2.75 bits per heavy atom. The predicted octanol–water partition coefficient (Wildman–Crippen LogP) is 3.88. The van der Waals surface area contributed by atoms with E-state index >= 15 is 0 Å². The van der Waals surface area contributed by atoms with Crippen LogP contribution in [-0.4, -0.2) is 21.0 Å². The number of nitrogens with zero attached hydrogens (tertiary/aromatic N) is 3. The van der Waals surface area contributed by atoms with Gasteiger partial charge in [-0.2, -0.15) is 5.10 Å². The first-order valence-corrected chi connectivity index (χ1v) is 8.60. The molecule has 0 aliphatic heterocycles. The number of rotatable bonds is 4. The largest absolute Gasteiger partial charge is 0.361 e. The van der Waals surface area contributed by atoms with Crippen LogP contribution >= 0.6 is 0 Å². The van der Waals surface area contributed by atoms with Crippen LogP contribution in [0.2, 0.25) is 0 Å². The maximum atomic E-state index is 12.4. The molecule has 0 saturated heterocycles. The molecule has 1 unspecified atom stereocenters. The molecule has 0 radical (unpaired) electrons. The first-order chi connectivity index (χ1) is 11.6. The van der Waals surface area contributed by atoms with E-state index in [1.807, 2.05) is 31.5 Å². The smallest absolute Gasteiger partial charge is 0.320 e. The number of urea groups is 1.